The van der Waals surface area contributed by atoms with Crippen LogP contribution < -0.4 is 16.1 Å². The first kappa shape index (κ1) is 32.4. The Balaban J connectivity index is 2.35. The van der Waals surface area contributed by atoms with E-state index in [0.29, 0.717) is 12.8 Å². The number of carbonyl (C=O) groups excluding carboxylic acids is 5. The molecule has 5 N–H and O–H groups in total. The van der Waals surface area contributed by atoms with Gasteiger partial charge < -0.3 is 30.4 Å². The van der Waals surface area contributed by atoms with Crippen LogP contribution >= 0.6 is 0 Å². The van der Waals surface area contributed by atoms with E-state index in [1.807, 2.05) is 0 Å². The first-order valence-corrected chi connectivity index (χ1v) is 12.9. The molecular weight excluding hydrogens is 527 g/mol. The predicted molar refractivity (Wildman–Crippen MR) is 141 cm³/mol. The minimum atomic E-state index is -1.15. The van der Waals surface area contributed by atoms with Crippen molar-refractivity contribution in [2.45, 2.75) is 58.5 Å². The Kier molecular flexibility index (Phi) is 12.2. The van der Waals surface area contributed by atoms with E-state index in [0.717, 1.165) is 23.2 Å². The number of methoxy groups -OCH3 is 1. The maximum absolute atomic E-state index is 14.0. The second-order valence-corrected chi connectivity index (χ2v) is 9.94. The zero-order valence-corrected chi connectivity index (χ0v) is 23.0. The van der Waals surface area contributed by atoms with Gasteiger partial charge in [-0.05, 0) is 55.9 Å². The fourth-order valence-corrected chi connectivity index (χ4v) is 4.09. The van der Waals surface area contributed by atoms with Crippen LogP contribution in [0, 0.1) is 17.7 Å². The number of hydrogen-bond acceptors (Lipinski definition) is 9. The molecule has 13 heteroatoms. The number of ketones is 1. The smallest absolute Gasteiger partial charge is 0.324 e. The number of aromatic hydroxyl groups is 1. The van der Waals surface area contributed by atoms with Gasteiger partial charge in [0.15, 0.2) is 0 Å². The molecule has 1 saturated heterocycles. The van der Waals surface area contributed by atoms with Gasteiger partial charge in [0.05, 0.1) is 19.6 Å². The van der Waals surface area contributed by atoms with Crippen molar-refractivity contribution in [2.75, 3.05) is 20.3 Å². The summed E-state index contributed by atoms with van der Waals surface area (Å²) < 4.78 is 18.7. The van der Waals surface area contributed by atoms with Crippen LogP contribution in [-0.2, 0) is 28.7 Å². The number of nitrogens with one attached hydrogen (secondary N) is 3. The lowest BCUT2D eigenvalue weighted by Gasteiger charge is -2.33. The molecule has 1 aliphatic rings. The molecule has 1 unspecified atom stereocenters. The Morgan fingerprint density at radius 1 is 1.20 bits per heavy atom. The minimum Gasteiger partial charge on any atom is -0.508 e. The Hall–Kier alpha value is -3.84. The molecule has 1 heterocycles. The lowest BCUT2D eigenvalue weighted by Crippen LogP contribution is -2.57. The first-order valence-electron chi connectivity index (χ1n) is 12.9. The van der Waals surface area contributed by atoms with Gasteiger partial charge >= 0.3 is 5.97 Å². The summed E-state index contributed by atoms with van der Waals surface area (Å²) in [6.45, 7) is 4.35. The van der Waals surface area contributed by atoms with Crippen LogP contribution in [-0.4, -0.2) is 77.0 Å². The third kappa shape index (κ3) is 9.42. The highest BCUT2D eigenvalue weighted by molar-refractivity contribution is 6.02. The summed E-state index contributed by atoms with van der Waals surface area (Å²) in [7, 11) is 1.22. The number of benzene rings is 1. The molecule has 1 aromatic carbocycles. The van der Waals surface area contributed by atoms with E-state index < -0.39 is 65.8 Å². The van der Waals surface area contributed by atoms with E-state index in [1.54, 1.807) is 13.8 Å². The second-order valence-electron chi connectivity index (χ2n) is 9.94. The molecule has 3 amide bonds. The zero-order valence-electron chi connectivity index (χ0n) is 23.0. The standard InChI is InChI=1S/C27H37FN4O8/c1-15(2)23(30-24(36)18(14-33)8-7-16(3)34)25(37)29-22(12-17-10-19(28)13-20(35)11-17)26(38)32-9-5-6-21(31-32)27(39)40-4/h10-13,15,18,21,23,31,33,35H,5-9,14H2,1-4H3,(H,29,37)(H,30,36)/b22-12+/t18-,21?,23+/m1/s1. The van der Waals surface area contributed by atoms with Gasteiger partial charge in [-0.3, -0.25) is 24.2 Å². The first-order chi connectivity index (χ1) is 18.9. The van der Waals surface area contributed by atoms with Crippen molar-refractivity contribution in [1.29, 1.82) is 0 Å². The Morgan fingerprint density at radius 3 is 2.48 bits per heavy atom. The summed E-state index contributed by atoms with van der Waals surface area (Å²) in [5.74, 6) is -5.45. The molecule has 0 radical (unpaired) electrons. The molecule has 12 nitrogen and oxygen atoms in total. The number of Topliss-reactive ketones (excluding diaryl/α,β-unsaturated/α-hetero) is 1. The van der Waals surface area contributed by atoms with Gasteiger partial charge in [0.25, 0.3) is 5.91 Å². The second kappa shape index (κ2) is 15.1. The van der Waals surface area contributed by atoms with E-state index >= 15 is 0 Å². The number of phenols is 1. The van der Waals surface area contributed by atoms with Gasteiger partial charge in [0.2, 0.25) is 11.8 Å². The number of hydrazine groups is 1. The van der Waals surface area contributed by atoms with Gasteiger partial charge in [-0.1, -0.05) is 13.8 Å². The fourth-order valence-electron chi connectivity index (χ4n) is 4.09. The maximum Gasteiger partial charge on any atom is 0.324 e. The SMILES string of the molecule is COC(=O)C1CCCN(C(=O)/C(=C\c2cc(O)cc(F)c2)NC(=O)[C@@H](NC(=O)[C@@H](CO)CCC(C)=O)C(C)C)N1. The molecule has 0 spiro atoms. The van der Waals surface area contributed by atoms with Crippen molar-refractivity contribution < 1.29 is 43.3 Å². The van der Waals surface area contributed by atoms with Crippen LogP contribution in [0.1, 0.15) is 52.0 Å². The van der Waals surface area contributed by atoms with Crippen LogP contribution in [0.5, 0.6) is 5.75 Å². The van der Waals surface area contributed by atoms with Crippen molar-refractivity contribution in [3.05, 3.63) is 35.3 Å². The average Bonchev–Trinajstić information content (AvgIpc) is 2.89. The molecule has 0 aromatic heterocycles. The normalized spacial score (nSPS) is 17.1. The van der Waals surface area contributed by atoms with Crippen molar-refractivity contribution in [3.63, 3.8) is 0 Å². The predicted octanol–water partition coefficient (Wildman–Crippen LogP) is 0.776. The van der Waals surface area contributed by atoms with Crippen LogP contribution in [0.4, 0.5) is 4.39 Å². The average molecular weight is 565 g/mol. The number of nitrogens with zero attached hydrogens (tertiary/aromatic N) is 1. The number of phenolic OH excluding ortho intramolecular Hbond substituents is 1. The van der Waals surface area contributed by atoms with Crippen LogP contribution in [0.25, 0.3) is 6.08 Å². The number of hydrogen-bond donors (Lipinski definition) is 5. The lowest BCUT2D eigenvalue weighted by molar-refractivity contribution is -0.148. The highest BCUT2D eigenvalue weighted by Gasteiger charge is 2.33. The van der Waals surface area contributed by atoms with E-state index in [-0.39, 0.29) is 36.4 Å². The van der Waals surface area contributed by atoms with Gasteiger partial charge in [-0.25, -0.2) is 9.82 Å². The number of halogens is 1. The molecular formula is C27H37FN4O8. The van der Waals surface area contributed by atoms with Crippen molar-refractivity contribution in [2.24, 2.45) is 11.8 Å². The van der Waals surface area contributed by atoms with Crippen molar-refractivity contribution in [1.82, 2.24) is 21.1 Å². The topological polar surface area (TPSA) is 174 Å². The summed E-state index contributed by atoms with van der Waals surface area (Å²) in [6, 6.07) is 1.16. The van der Waals surface area contributed by atoms with E-state index in [2.05, 4.69) is 16.1 Å². The lowest BCUT2D eigenvalue weighted by atomic mass is 9.98. The molecule has 220 valence electrons. The molecule has 0 aliphatic carbocycles. The molecule has 3 atom stereocenters. The fraction of sp³-hybridized carbons (Fsp3) is 0.519. The largest absolute Gasteiger partial charge is 0.508 e. The van der Waals surface area contributed by atoms with Gasteiger partial charge in [0.1, 0.15) is 35.1 Å². The maximum atomic E-state index is 14.0. The Bertz CT molecular complexity index is 1120. The summed E-state index contributed by atoms with van der Waals surface area (Å²) in [5, 5.41) is 25.6. The minimum absolute atomic E-state index is 0.0670. The number of rotatable bonds is 12. The summed E-state index contributed by atoms with van der Waals surface area (Å²) >= 11 is 0. The van der Waals surface area contributed by atoms with Crippen LogP contribution in [0.2, 0.25) is 0 Å². The molecule has 0 saturated carbocycles. The Labute approximate surface area is 231 Å². The highest BCUT2D eigenvalue weighted by Crippen LogP contribution is 2.19. The molecule has 40 heavy (non-hydrogen) atoms. The highest BCUT2D eigenvalue weighted by atomic mass is 19.1. The van der Waals surface area contributed by atoms with E-state index in [9.17, 15) is 38.6 Å². The third-order valence-electron chi connectivity index (χ3n) is 6.30. The van der Waals surface area contributed by atoms with Gasteiger partial charge in [0, 0.05) is 19.0 Å². The molecule has 1 aliphatic heterocycles. The van der Waals surface area contributed by atoms with Crippen molar-refractivity contribution >= 4 is 35.6 Å². The summed E-state index contributed by atoms with van der Waals surface area (Å²) in [5.41, 5.74) is 2.52. The number of ether oxygens (including phenoxy) is 1. The molecule has 2 rings (SSSR count). The zero-order chi connectivity index (χ0) is 30.0. The summed E-state index contributed by atoms with van der Waals surface area (Å²) in [6.07, 6.45) is 2.20. The number of aliphatic hydroxyl groups excluding tert-OH is 1. The molecule has 1 aromatic rings. The molecule has 1 fully saturated rings. The summed E-state index contributed by atoms with van der Waals surface area (Å²) in [4.78, 5) is 63.0. The van der Waals surface area contributed by atoms with E-state index in [1.165, 1.54) is 20.1 Å². The quantitative estimate of drug-likeness (QED) is 0.181. The monoisotopic (exact) mass is 564 g/mol. The van der Waals surface area contributed by atoms with E-state index in [4.69, 9.17) is 4.74 Å². The number of esters is 1. The van der Waals surface area contributed by atoms with Crippen molar-refractivity contribution in [3.8, 4) is 5.75 Å². The van der Waals surface area contributed by atoms with Gasteiger partial charge in [-0.15, -0.1) is 0 Å². The van der Waals surface area contributed by atoms with Crippen LogP contribution in [0.3, 0.4) is 0 Å². The Morgan fingerprint density at radius 2 is 1.90 bits per heavy atom. The molecule has 0 bridgehead atoms. The van der Waals surface area contributed by atoms with Crippen LogP contribution in [0.15, 0.2) is 23.9 Å². The third-order valence-corrected chi connectivity index (χ3v) is 6.30. The van der Waals surface area contributed by atoms with Gasteiger partial charge in [-0.2, -0.15) is 0 Å². The number of amides is 3. The number of aliphatic hydroxyl groups is 1. The number of carbonyl (C=O) groups is 5.